The lowest BCUT2D eigenvalue weighted by Gasteiger charge is -2.27. The highest BCUT2D eigenvalue weighted by Gasteiger charge is 2.53. The first-order chi connectivity index (χ1) is 12.8. The van der Waals surface area contributed by atoms with Gasteiger partial charge in [0, 0.05) is 12.0 Å². The number of carbonyl (C=O) groups is 2. The summed E-state index contributed by atoms with van der Waals surface area (Å²) in [5, 5.41) is 11.1. The van der Waals surface area contributed by atoms with Gasteiger partial charge in [0.25, 0.3) is 0 Å². The minimum Gasteiger partial charge on any atom is -0.459 e. The van der Waals surface area contributed by atoms with Gasteiger partial charge >= 0.3 is 5.97 Å². The van der Waals surface area contributed by atoms with E-state index in [2.05, 4.69) is 0 Å². The lowest BCUT2D eigenvalue weighted by molar-refractivity contribution is -0.0538. The van der Waals surface area contributed by atoms with Crippen molar-refractivity contribution in [3.63, 3.8) is 0 Å². The lowest BCUT2D eigenvalue weighted by atomic mass is 9.85. The predicted octanol–water partition coefficient (Wildman–Crippen LogP) is 3.43. The number of hydrogen-bond donors (Lipinski definition) is 1. The first-order valence-electron chi connectivity index (χ1n) is 8.68. The average molecular weight is 389 g/mol. The van der Waals surface area contributed by atoms with Crippen molar-refractivity contribution in [3.05, 3.63) is 70.8 Å². The summed E-state index contributed by atoms with van der Waals surface area (Å²) < 4.78 is 10.8. The number of esters is 1. The van der Waals surface area contributed by atoms with Crippen molar-refractivity contribution >= 4 is 23.4 Å². The highest BCUT2D eigenvalue weighted by atomic mass is 35.5. The van der Waals surface area contributed by atoms with Crippen LogP contribution in [0.2, 0.25) is 0 Å². The van der Waals surface area contributed by atoms with Crippen LogP contribution in [0.5, 0.6) is 0 Å². The molecule has 1 heterocycles. The highest BCUT2D eigenvalue weighted by molar-refractivity contribution is 6.20. The lowest BCUT2D eigenvalue weighted by Crippen LogP contribution is -2.48. The van der Waals surface area contributed by atoms with Gasteiger partial charge in [-0.2, -0.15) is 0 Å². The normalized spacial score (nSPS) is 24.6. The Labute approximate surface area is 162 Å². The molecule has 5 nitrogen and oxygen atoms in total. The molecule has 3 rings (SSSR count). The van der Waals surface area contributed by atoms with Gasteiger partial charge in [-0.15, -0.1) is 0 Å². The summed E-state index contributed by atoms with van der Waals surface area (Å²) in [6, 6.07) is 14.0. The molecule has 0 radical (unpaired) electrons. The van der Waals surface area contributed by atoms with E-state index in [9.17, 15) is 14.7 Å². The topological polar surface area (TPSA) is 72.8 Å². The van der Waals surface area contributed by atoms with Gasteiger partial charge in [0.15, 0.2) is 11.4 Å². The number of Topliss-reactive ketones (excluding diaryl/α,β-unsaturated/α-hetero) is 1. The second-order valence-corrected chi connectivity index (χ2v) is 7.21. The molecule has 1 N–H and O–H groups in total. The van der Waals surface area contributed by atoms with Crippen molar-refractivity contribution in [2.45, 2.75) is 37.5 Å². The smallest absolute Gasteiger partial charge is 0.338 e. The van der Waals surface area contributed by atoms with Crippen LogP contribution in [0.1, 0.15) is 38.3 Å². The van der Waals surface area contributed by atoms with Gasteiger partial charge in [-0.25, -0.2) is 4.79 Å². The third-order valence-electron chi connectivity index (χ3n) is 4.83. The molecule has 6 heteroatoms. The van der Waals surface area contributed by atoms with Gasteiger partial charge in [0.1, 0.15) is 18.3 Å². The average Bonchev–Trinajstić information content (AvgIpc) is 2.94. The maximum Gasteiger partial charge on any atom is 0.338 e. The molecule has 2 aromatic carbocycles. The van der Waals surface area contributed by atoms with Crippen LogP contribution in [0.4, 0.5) is 0 Å². The van der Waals surface area contributed by atoms with E-state index >= 15 is 0 Å². The van der Waals surface area contributed by atoms with Crippen molar-refractivity contribution in [1.29, 1.82) is 0 Å². The summed E-state index contributed by atoms with van der Waals surface area (Å²) in [5.41, 5.74) is -0.368. The summed E-state index contributed by atoms with van der Waals surface area (Å²) >= 11 is 6.05. The molecule has 1 fully saturated rings. The van der Waals surface area contributed by atoms with E-state index in [0.29, 0.717) is 11.1 Å². The summed E-state index contributed by atoms with van der Waals surface area (Å²) in [5.74, 6) is -1.03. The minimum atomic E-state index is -1.86. The van der Waals surface area contributed by atoms with Gasteiger partial charge in [-0.05, 0) is 31.0 Å². The fourth-order valence-electron chi connectivity index (χ4n) is 3.22. The van der Waals surface area contributed by atoms with Gasteiger partial charge in [-0.1, -0.05) is 54.1 Å². The van der Waals surface area contributed by atoms with Crippen molar-refractivity contribution in [1.82, 2.24) is 0 Å². The first-order valence-corrected chi connectivity index (χ1v) is 9.11. The molecule has 1 saturated heterocycles. The van der Waals surface area contributed by atoms with Crippen molar-refractivity contribution in [2.75, 3.05) is 6.61 Å². The Morgan fingerprint density at radius 2 is 1.67 bits per heavy atom. The molecule has 0 bridgehead atoms. The van der Waals surface area contributed by atoms with Gasteiger partial charge in [0.2, 0.25) is 0 Å². The second kappa shape index (κ2) is 7.80. The molecule has 1 aliphatic rings. The van der Waals surface area contributed by atoms with Crippen LogP contribution < -0.4 is 0 Å². The fraction of sp³-hybridized carbons (Fsp3) is 0.333. The zero-order valence-corrected chi connectivity index (χ0v) is 15.9. The Bertz CT molecular complexity index is 865. The molecule has 0 spiro atoms. The Hall–Kier alpha value is -2.21. The number of rotatable bonds is 5. The molecule has 0 unspecified atom stereocenters. The maximum absolute atomic E-state index is 13.0. The van der Waals surface area contributed by atoms with Gasteiger partial charge < -0.3 is 14.6 Å². The van der Waals surface area contributed by atoms with Crippen LogP contribution >= 0.6 is 11.6 Å². The van der Waals surface area contributed by atoms with Crippen LogP contribution in [0.15, 0.2) is 48.5 Å². The molecule has 0 saturated carbocycles. The Balaban J connectivity index is 1.78. The zero-order chi connectivity index (χ0) is 19.6. The summed E-state index contributed by atoms with van der Waals surface area (Å²) in [7, 11) is 0. The van der Waals surface area contributed by atoms with Crippen molar-refractivity contribution < 1.29 is 24.2 Å². The standard InChI is InChI=1S/C21H21ClO5/c1-13-7-3-5-9-15(13)19(23)21(25)11-18(22)27-17(21)12-26-20(24)16-10-6-4-8-14(16)2/h3-10,17-18,25H,11-12H2,1-2H3/t17-,18+,21+/m1/s1. The van der Waals surface area contributed by atoms with E-state index in [-0.39, 0.29) is 13.0 Å². The Morgan fingerprint density at radius 1 is 1.11 bits per heavy atom. The maximum atomic E-state index is 13.0. The van der Waals surface area contributed by atoms with E-state index in [1.165, 1.54) is 0 Å². The van der Waals surface area contributed by atoms with E-state index < -0.39 is 29.0 Å². The number of aliphatic hydroxyl groups is 1. The fourth-order valence-corrected chi connectivity index (χ4v) is 3.58. The third-order valence-corrected chi connectivity index (χ3v) is 5.09. The van der Waals surface area contributed by atoms with E-state index in [1.54, 1.807) is 50.2 Å². The molecule has 0 amide bonds. The number of alkyl halides is 1. The largest absolute Gasteiger partial charge is 0.459 e. The van der Waals surface area contributed by atoms with Crippen LogP contribution in [0.25, 0.3) is 0 Å². The van der Waals surface area contributed by atoms with E-state index in [1.807, 2.05) is 12.1 Å². The molecule has 0 aliphatic carbocycles. The number of ketones is 1. The van der Waals surface area contributed by atoms with E-state index in [0.717, 1.165) is 11.1 Å². The van der Waals surface area contributed by atoms with Crippen LogP contribution in [-0.2, 0) is 9.47 Å². The molecule has 27 heavy (non-hydrogen) atoms. The summed E-state index contributed by atoms with van der Waals surface area (Å²) in [4.78, 5) is 25.3. The summed E-state index contributed by atoms with van der Waals surface area (Å²) in [6.45, 7) is 3.32. The number of halogens is 1. The van der Waals surface area contributed by atoms with Crippen LogP contribution in [-0.4, -0.2) is 40.7 Å². The number of benzene rings is 2. The summed E-state index contributed by atoms with van der Waals surface area (Å²) in [6.07, 6.45) is -1.12. The molecule has 0 aromatic heterocycles. The van der Waals surface area contributed by atoms with Crippen LogP contribution in [0.3, 0.4) is 0 Å². The molecule has 3 atom stereocenters. The van der Waals surface area contributed by atoms with E-state index in [4.69, 9.17) is 21.1 Å². The number of aryl methyl sites for hydroxylation is 2. The molecule has 1 aliphatic heterocycles. The number of ether oxygens (including phenoxy) is 2. The monoisotopic (exact) mass is 388 g/mol. The quantitative estimate of drug-likeness (QED) is 0.482. The number of hydrogen-bond acceptors (Lipinski definition) is 5. The SMILES string of the molecule is Cc1ccccc1C(=O)OC[C@H]1O[C@H](Cl)C[C@@]1(O)C(=O)c1ccccc1C. The van der Waals surface area contributed by atoms with Gasteiger partial charge in [0.05, 0.1) is 5.56 Å². The Kier molecular flexibility index (Phi) is 5.65. The third kappa shape index (κ3) is 3.90. The zero-order valence-electron chi connectivity index (χ0n) is 15.1. The molecule has 2 aromatic rings. The van der Waals surface area contributed by atoms with Gasteiger partial charge in [-0.3, -0.25) is 4.79 Å². The predicted molar refractivity (Wildman–Crippen MR) is 101 cm³/mol. The Morgan fingerprint density at radius 3 is 2.26 bits per heavy atom. The highest BCUT2D eigenvalue weighted by Crippen LogP contribution is 2.36. The molecular weight excluding hydrogens is 368 g/mol. The number of carbonyl (C=O) groups excluding carboxylic acids is 2. The minimum absolute atomic E-state index is 0.0751. The second-order valence-electron chi connectivity index (χ2n) is 6.72. The van der Waals surface area contributed by atoms with Crippen molar-refractivity contribution in [3.8, 4) is 0 Å². The van der Waals surface area contributed by atoms with Crippen molar-refractivity contribution in [2.24, 2.45) is 0 Å². The van der Waals surface area contributed by atoms with Crippen LogP contribution in [0, 0.1) is 13.8 Å². The molecular formula is C21H21ClO5. The molecule has 142 valence electrons. The first kappa shape index (κ1) is 19.5.